The second-order valence-corrected chi connectivity index (χ2v) is 2.42. The fourth-order valence-corrected chi connectivity index (χ4v) is 0.901. The number of anilines is 1. The maximum absolute atomic E-state index is 8.30. The van der Waals surface area contributed by atoms with Crippen molar-refractivity contribution >= 4 is 12.0 Å². The summed E-state index contributed by atoms with van der Waals surface area (Å²) in [4.78, 5) is 4.06. The van der Waals surface area contributed by atoms with Gasteiger partial charge in [0.05, 0.1) is 6.21 Å². The lowest BCUT2D eigenvalue weighted by atomic mass is 10.2. The highest BCUT2D eigenvalue weighted by Crippen LogP contribution is 2.08. The molecular formula is C8H11N3O. The maximum atomic E-state index is 8.30. The van der Waals surface area contributed by atoms with Crippen LogP contribution in [-0.2, 0) is 0 Å². The molecule has 0 aliphatic rings. The van der Waals surface area contributed by atoms with Gasteiger partial charge in [0.1, 0.15) is 5.82 Å². The summed E-state index contributed by atoms with van der Waals surface area (Å²) in [5.41, 5.74) is 1.84. The van der Waals surface area contributed by atoms with E-state index >= 15 is 0 Å². The van der Waals surface area contributed by atoms with E-state index < -0.39 is 0 Å². The Hall–Kier alpha value is -1.58. The minimum Gasteiger partial charge on any atom is -0.411 e. The Morgan fingerprint density at radius 1 is 1.67 bits per heavy atom. The highest BCUT2D eigenvalue weighted by molar-refractivity contribution is 5.81. The molecule has 64 valence electrons. The van der Waals surface area contributed by atoms with Crippen LogP contribution in [0.2, 0.25) is 0 Å². The van der Waals surface area contributed by atoms with Crippen LogP contribution in [0.4, 0.5) is 5.82 Å². The molecule has 1 rings (SSSR count). The standard InChI is InChI=1S/C8H11N3O/c1-6-3-8(9-2)10-4-7(6)5-11-12/h3-5,12H,1-2H3,(H,9,10)/b11-5+. The maximum Gasteiger partial charge on any atom is 0.125 e. The fourth-order valence-electron chi connectivity index (χ4n) is 0.901. The third kappa shape index (κ3) is 1.72. The topological polar surface area (TPSA) is 57.5 Å². The van der Waals surface area contributed by atoms with Gasteiger partial charge in [-0.3, -0.25) is 0 Å². The van der Waals surface area contributed by atoms with Crippen molar-refractivity contribution in [2.75, 3.05) is 12.4 Å². The van der Waals surface area contributed by atoms with Crippen molar-refractivity contribution < 1.29 is 5.21 Å². The SMILES string of the molecule is CNc1cc(C)c(/C=N/O)cn1. The minimum absolute atomic E-state index is 0.808. The average Bonchev–Trinajstić information content (AvgIpc) is 2.09. The predicted octanol–water partition coefficient (Wildman–Crippen LogP) is 1.24. The summed E-state index contributed by atoms with van der Waals surface area (Å²) in [6.07, 6.45) is 3.02. The van der Waals surface area contributed by atoms with E-state index in [9.17, 15) is 0 Å². The number of nitrogens with one attached hydrogen (secondary N) is 1. The lowest BCUT2D eigenvalue weighted by Gasteiger charge is -2.01. The first-order valence-corrected chi connectivity index (χ1v) is 3.59. The average molecular weight is 165 g/mol. The minimum atomic E-state index is 0.808. The van der Waals surface area contributed by atoms with Crippen LogP contribution >= 0.6 is 0 Å². The highest BCUT2D eigenvalue weighted by atomic mass is 16.4. The molecule has 0 saturated heterocycles. The van der Waals surface area contributed by atoms with Crippen LogP contribution in [0.25, 0.3) is 0 Å². The van der Waals surface area contributed by atoms with Crippen molar-refractivity contribution in [2.24, 2.45) is 5.16 Å². The van der Waals surface area contributed by atoms with E-state index in [4.69, 9.17) is 5.21 Å². The molecule has 0 radical (unpaired) electrons. The Balaban J connectivity index is 3.03. The summed E-state index contributed by atoms with van der Waals surface area (Å²) >= 11 is 0. The van der Waals surface area contributed by atoms with E-state index in [0.717, 1.165) is 16.9 Å². The third-order valence-electron chi connectivity index (χ3n) is 1.60. The van der Waals surface area contributed by atoms with E-state index in [1.54, 1.807) is 6.20 Å². The van der Waals surface area contributed by atoms with Crippen molar-refractivity contribution in [3.8, 4) is 0 Å². The zero-order valence-corrected chi connectivity index (χ0v) is 7.07. The molecule has 0 spiro atoms. The van der Waals surface area contributed by atoms with Gasteiger partial charge in [-0.15, -0.1) is 0 Å². The lowest BCUT2D eigenvalue weighted by Crippen LogP contribution is -1.95. The molecular weight excluding hydrogens is 154 g/mol. The first-order valence-electron chi connectivity index (χ1n) is 3.59. The molecule has 1 heterocycles. The molecule has 4 nitrogen and oxygen atoms in total. The number of hydrogen-bond acceptors (Lipinski definition) is 4. The van der Waals surface area contributed by atoms with Gasteiger partial charge >= 0.3 is 0 Å². The number of oxime groups is 1. The summed E-state index contributed by atoms with van der Waals surface area (Å²) in [6.45, 7) is 1.93. The van der Waals surface area contributed by atoms with Crippen LogP contribution in [0, 0.1) is 6.92 Å². The van der Waals surface area contributed by atoms with Gasteiger partial charge in [0.2, 0.25) is 0 Å². The van der Waals surface area contributed by atoms with Crippen LogP contribution in [0.15, 0.2) is 17.4 Å². The molecule has 0 aliphatic carbocycles. The molecule has 1 aromatic rings. The number of nitrogens with zero attached hydrogens (tertiary/aromatic N) is 2. The number of aryl methyl sites for hydroxylation is 1. The van der Waals surface area contributed by atoms with Crippen molar-refractivity contribution in [3.05, 3.63) is 23.4 Å². The number of rotatable bonds is 2. The molecule has 2 N–H and O–H groups in total. The van der Waals surface area contributed by atoms with E-state index in [0.29, 0.717) is 0 Å². The molecule has 12 heavy (non-hydrogen) atoms. The van der Waals surface area contributed by atoms with E-state index in [1.807, 2.05) is 20.0 Å². The first-order chi connectivity index (χ1) is 5.77. The molecule has 0 saturated carbocycles. The predicted molar refractivity (Wildman–Crippen MR) is 47.9 cm³/mol. The van der Waals surface area contributed by atoms with Crippen molar-refractivity contribution in [2.45, 2.75) is 6.92 Å². The molecule has 0 amide bonds. The van der Waals surface area contributed by atoms with Crippen LogP contribution in [0.1, 0.15) is 11.1 Å². The third-order valence-corrected chi connectivity index (χ3v) is 1.60. The Morgan fingerprint density at radius 2 is 2.42 bits per heavy atom. The summed E-state index contributed by atoms with van der Waals surface area (Å²) in [5.74, 6) is 0.808. The second-order valence-electron chi connectivity index (χ2n) is 2.42. The van der Waals surface area contributed by atoms with Gasteiger partial charge in [-0.25, -0.2) is 4.98 Å². The number of hydrogen-bond donors (Lipinski definition) is 2. The summed E-state index contributed by atoms with van der Waals surface area (Å²) < 4.78 is 0. The Labute approximate surface area is 70.9 Å². The Morgan fingerprint density at radius 3 is 2.92 bits per heavy atom. The van der Waals surface area contributed by atoms with Gasteiger partial charge < -0.3 is 10.5 Å². The monoisotopic (exact) mass is 165 g/mol. The normalized spacial score (nSPS) is 10.5. The highest BCUT2D eigenvalue weighted by Gasteiger charge is 1.96. The van der Waals surface area contributed by atoms with Gasteiger partial charge in [-0.2, -0.15) is 0 Å². The Bertz CT molecular complexity index is 296. The van der Waals surface area contributed by atoms with Gasteiger partial charge in [0, 0.05) is 18.8 Å². The van der Waals surface area contributed by atoms with Crippen LogP contribution < -0.4 is 5.32 Å². The van der Waals surface area contributed by atoms with Crippen LogP contribution in [-0.4, -0.2) is 23.5 Å². The smallest absolute Gasteiger partial charge is 0.125 e. The quantitative estimate of drug-likeness (QED) is 0.394. The lowest BCUT2D eigenvalue weighted by molar-refractivity contribution is 0.322. The summed E-state index contributed by atoms with van der Waals surface area (Å²) in [7, 11) is 1.81. The summed E-state index contributed by atoms with van der Waals surface area (Å²) in [6, 6.07) is 1.89. The van der Waals surface area contributed by atoms with Gasteiger partial charge in [0.15, 0.2) is 0 Å². The van der Waals surface area contributed by atoms with Crippen LogP contribution in [0.3, 0.4) is 0 Å². The molecule has 0 aliphatic heterocycles. The van der Waals surface area contributed by atoms with E-state index in [1.165, 1.54) is 6.21 Å². The second kappa shape index (κ2) is 3.71. The number of aromatic nitrogens is 1. The number of pyridine rings is 1. The van der Waals surface area contributed by atoms with Gasteiger partial charge in [0.25, 0.3) is 0 Å². The molecule has 4 heteroatoms. The van der Waals surface area contributed by atoms with Crippen LogP contribution in [0.5, 0.6) is 0 Å². The molecule has 0 fully saturated rings. The molecule has 0 bridgehead atoms. The molecule has 0 atom stereocenters. The largest absolute Gasteiger partial charge is 0.411 e. The van der Waals surface area contributed by atoms with E-state index in [-0.39, 0.29) is 0 Å². The van der Waals surface area contributed by atoms with Crippen molar-refractivity contribution in [1.29, 1.82) is 0 Å². The fraction of sp³-hybridized carbons (Fsp3) is 0.250. The zero-order chi connectivity index (χ0) is 8.97. The molecule has 0 unspecified atom stereocenters. The zero-order valence-electron chi connectivity index (χ0n) is 7.07. The van der Waals surface area contributed by atoms with Crippen molar-refractivity contribution in [1.82, 2.24) is 4.98 Å². The first kappa shape index (κ1) is 8.52. The van der Waals surface area contributed by atoms with E-state index in [2.05, 4.69) is 15.5 Å². The Kier molecular flexibility index (Phi) is 2.63. The van der Waals surface area contributed by atoms with Crippen molar-refractivity contribution in [3.63, 3.8) is 0 Å². The summed E-state index contributed by atoms with van der Waals surface area (Å²) in [5, 5.41) is 14.2. The van der Waals surface area contributed by atoms with Gasteiger partial charge in [-0.1, -0.05) is 5.16 Å². The molecule has 0 aromatic carbocycles. The molecule has 1 aromatic heterocycles. The van der Waals surface area contributed by atoms with Gasteiger partial charge in [-0.05, 0) is 18.6 Å².